The van der Waals surface area contributed by atoms with Crippen molar-refractivity contribution in [2.75, 3.05) is 0 Å². The molecule has 1 aromatic rings. The number of aryl methyl sites for hydroxylation is 1. The molecule has 1 atom stereocenters. The van der Waals surface area contributed by atoms with E-state index < -0.39 is 0 Å². The van der Waals surface area contributed by atoms with Gasteiger partial charge >= 0.3 is 0 Å². The summed E-state index contributed by atoms with van der Waals surface area (Å²) in [5.74, 6) is 1.11. The number of hydrogen-bond donors (Lipinski definition) is 1. The van der Waals surface area contributed by atoms with Crippen molar-refractivity contribution in [3.63, 3.8) is 0 Å². The van der Waals surface area contributed by atoms with E-state index in [1.54, 1.807) is 6.07 Å². The van der Waals surface area contributed by atoms with Gasteiger partial charge in [0.05, 0.1) is 0 Å². The summed E-state index contributed by atoms with van der Waals surface area (Å²) in [7, 11) is 0. The van der Waals surface area contributed by atoms with Crippen LogP contribution in [0.25, 0.3) is 0 Å². The van der Waals surface area contributed by atoms with Gasteiger partial charge in [-0.05, 0) is 49.3 Å². The summed E-state index contributed by atoms with van der Waals surface area (Å²) >= 11 is 6.21. The smallest absolute Gasteiger partial charge is 0.115 e. The second-order valence-corrected chi connectivity index (χ2v) is 4.62. The third-order valence-corrected chi connectivity index (χ3v) is 3.33. The molecular weight excluding hydrogens is 196 g/mol. The van der Waals surface area contributed by atoms with Crippen LogP contribution < -0.4 is 0 Å². The zero-order valence-electron chi connectivity index (χ0n) is 8.12. The van der Waals surface area contributed by atoms with E-state index in [0.29, 0.717) is 11.1 Å². The maximum Gasteiger partial charge on any atom is 0.115 e. The number of hydrogen-bond acceptors (Lipinski definition) is 1. The highest BCUT2D eigenvalue weighted by atomic mass is 35.5. The van der Waals surface area contributed by atoms with Crippen LogP contribution in [-0.4, -0.2) is 10.5 Å². The van der Waals surface area contributed by atoms with E-state index in [1.807, 2.05) is 18.2 Å². The van der Waals surface area contributed by atoms with Gasteiger partial charge in [-0.25, -0.2) is 0 Å². The molecular formula is C12H15ClO. The van der Waals surface area contributed by atoms with Gasteiger partial charge in [0, 0.05) is 5.38 Å². The average Bonchev–Trinajstić information content (AvgIpc) is 2.97. The van der Waals surface area contributed by atoms with E-state index in [2.05, 4.69) is 0 Å². The molecule has 1 nitrogen and oxygen atoms in total. The minimum atomic E-state index is 0.331. The third kappa shape index (κ3) is 2.65. The number of alkyl halides is 1. The minimum Gasteiger partial charge on any atom is -0.508 e. The van der Waals surface area contributed by atoms with Crippen LogP contribution in [0.2, 0.25) is 0 Å². The van der Waals surface area contributed by atoms with Crippen LogP contribution in [0.4, 0.5) is 0 Å². The Balaban J connectivity index is 1.84. The van der Waals surface area contributed by atoms with Gasteiger partial charge in [-0.15, -0.1) is 11.6 Å². The first kappa shape index (κ1) is 9.85. The van der Waals surface area contributed by atoms with E-state index in [9.17, 15) is 5.11 Å². The molecule has 1 fully saturated rings. The molecule has 1 aliphatic carbocycles. The Morgan fingerprint density at radius 2 is 2.21 bits per heavy atom. The summed E-state index contributed by atoms with van der Waals surface area (Å²) in [6, 6.07) is 7.43. The van der Waals surface area contributed by atoms with Gasteiger partial charge in [0.15, 0.2) is 0 Å². The molecule has 1 saturated carbocycles. The van der Waals surface area contributed by atoms with Crippen LogP contribution in [-0.2, 0) is 6.42 Å². The Labute approximate surface area is 89.7 Å². The highest BCUT2D eigenvalue weighted by Crippen LogP contribution is 2.37. The normalized spacial score (nSPS) is 18.1. The standard InChI is InChI=1S/C12H15ClO/c13-12(10-5-6-10)7-4-9-2-1-3-11(14)8-9/h1-3,8,10,12,14H,4-7H2. The summed E-state index contributed by atoms with van der Waals surface area (Å²) in [6.07, 6.45) is 4.59. The molecule has 76 valence electrons. The summed E-state index contributed by atoms with van der Waals surface area (Å²) in [5, 5.41) is 9.60. The predicted octanol–water partition coefficient (Wildman–Crippen LogP) is 3.34. The Morgan fingerprint density at radius 3 is 2.86 bits per heavy atom. The van der Waals surface area contributed by atoms with Crippen molar-refractivity contribution >= 4 is 11.6 Å². The molecule has 2 heteroatoms. The first-order chi connectivity index (χ1) is 6.75. The van der Waals surface area contributed by atoms with Crippen molar-refractivity contribution in [2.45, 2.75) is 31.1 Å². The number of phenols is 1. The van der Waals surface area contributed by atoms with Crippen molar-refractivity contribution < 1.29 is 5.11 Å². The van der Waals surface area contributed by atoms with Crippen LogP contribution in [0.3, 0.4) is 0 Å². The first-order valence-electron chi connectivity index (χ1n) is 5.17. The molecule has 1 N–H and O–H groups in total. The summed E-state index contributed by atoms with van der Waals surface area (Å²) in [6.45, 7) is 0. The Kier molecular flexibility index (Phi) is 2.97. The molecule has 0 spiro atoms. The van der Waals surface area contributed by atoms with Crippen molar-refractivity contribution in [3.05, 3.63) is 29.8 Å². The zero-order chi connectivity index (χ0) is 9.97. The Bertz CT molecular complexity index is 307. The van der Waals surface area contributed by atoms with Gasteiger partial charge in [-0.2, -0.15) is 0 Å². The lowest BCUT2D eigenvalue weighted by Crippen LogP contribution is -2.02. The second-order valence-electron chi connectivity index (χ2n) is 4.06. The van der Waals surface area contributed by atoms with E-state index in [-0.39, 0.29) is 0 Å². The number of halogens is 1. The highest BCUT2D eigenvalue weighted by molar-refractivity contribution is 6.20. The quantitative estimate of drug-likeness (QED) is 0.756. The SMILES string of the molecule is Oc1cccc(CCC(Cl)C2CC2)c1. The summed E-state index contributed by atoms with van der Waals surface area (Å²) in [5.41, 5.74) is 1.18. The third-order valence-electron chi connectivity index (χ3n) is 2.75. The molecule has 0 amide bonds. The van der Waals surface area contributed by atoms with E-state index >= 15 is 0 Å². The van der Waals surface area contributed by atoms with Crippen LogP contribution in [0.5, 0.6) is 5.75 Å². The van der Waals surface area contributed by atoms with Gasteiger partial charge < -0.3 is 5.11 Å². The van der Waals surface area contributed by atoms with Gasteiger partial charge in [-0.3, -0.25) is 0 Å². The fraction of sp³-hybridized carbons (Fsp3) is 0.500. The molecule has 0 heterocycles. The van der Waals surface area contributed by atoms with Crippen LogP contribution in [0.15, 0.2) is 24.3 Å². The molecule has 14 heavy (non-hydrogen) atoms. The minimum absolute atomic E-state index is 0.331. The molecule has 0 aliphatic heterocycles. The fourth-order valence-corrected chi connectivity index (χ4v) is 2.07. The highest BCUT2D eigenvalue weighted by Gasteiger charge is 2.29. The van der Waals surface area contributed by atoms with E-state index in [0.717, 1.165) is 18.8 Å². The Morgan fingerprint density at radius 1 is 1.43 bits per heavy atom. The van der Waals surface area contributed by atoms with Gasteiger partial charge in [0.25, 0.3) is 0 Å². The molecule has 0 aromatic heterocycles. The monoisotopic (exact) mass is 210 g/mol. The molecule has 1 unspecified atom stereocenters. The predicted molar refractivity (Wildman–Crippen MR) is 58.8 cm³/mol. The van der Waals surface area contributed by atoms with Gasteiger partial charge in [0.1, 0.15) is 5.75 Å². The number of aromatic hydroxyl groups is 1. The van der Waals surface area contributed by atoms with Crippen molar-refractivity contribution in [2.24, 2.45) is 5.92 Å². The molecule has 0 radical (unpaired) electrons. The largest absolute Gasteiger partial charge is 0.508 e. The average molecular weight is 211 g/mol. The van der Waals surface area contributed by atoms with Crippen molar-refractivity contribution in [1.82, 2.24) is 0 Å². The van der Waals surface area contributed by atoms with Crippen LogP contribution >= 0.6 is 11.6 Å². The molecule has 0 bridgehead atoms. The summed E-state index contributed by atoms with van der Waals surface area (Å²) in [4.78, 5) is 0. The molecule has 0 saturated heterocycles. The van der Waals surface area contributed by atoms with E-state index in [4.69, 9.17) is 11.6 Å². The van der Waals surface area contributed by atoms with E-state index in [1.165, 1.54) is 18.4 Å². The second kappa shape index (κ2) is 4.22. The molecule has 1 aliphatic rings. The van der Waals surface area contributed by atoms with Gasteiger partial charge in [0.2, 0.25) is 0 Å². The number of benzene rings is 1. The maximum atomic E-state index is 9.27. The van der Waals surface area contributed by atoms with Crippen molar-refractivity contribution in [3.8, 4) is 5.75 Å². The maximum absolute atomic E-state index is 9.27. The fourth-order valence-electron chi connectivity index (χ4n) is 1.71. The topological polar surface area (TPSA) is 20.2 Å². The zero-order valence-corrected chi connectivity index (χ0v) is 8.87. The lowest BCUT2D eigenvalue weighted by molar-refractivity contribution is 0.474. The molecule has 1 aromatic carbocycles. The van der Waals surface area contributed by atoms with Crippen molar-refractivity contribution in [1.29, 1.82) is 0 Å². The van der Waals surface area contributed by atoms with Gasteiger partial charge in [-0.1, -0.05) is 12.1 Å². The lowest BCUT2D eigenvalue weighted by Gasteiger charge is -2.07. The van der Waals surface area contributed by atoms with Crippen LogP contribution in [0.1, 0.15) is 24.8 Å². The Hall–Kier alpha value is -0.690. The molecule has 2 rings (SSSR count). The first-order valence-corrected chi connectivity index (χ1v) is 5.61. The van der Waals surface area contributed by atoms with Crippen LogP contribution in [0, 0.1) is 5.92 Å². The lowest BCUT2D eigenvalue weighted by atomic mass is 10.1. The number of phenolic OH excluding ortho intramolecular Hbond substituents is 1. The number of rotatable bonds is 4. The summed E-state index contributed by atoms with van der Waals surface area (Å²) < 4.78 is 0.